The van der Waals surface area contributed by atoms with Crippen LogP contribution in [0, 0.1) is 0 Å². The minimum absolute atomic E-state index is 0.0445. The van der Waals surface area contributed by atoms with Crippen molar-refractivity contribution in [2.45, 2.75) is 44.1 Å². The predicted octanol–water partition coefficient (Wildman–Crippen LogP) is 2.71. The summed E-state index contributed by atoms with van der Waals surface area (Å²) in [7, 11) is 0. The van der Waals surface area contributed by atoms with Crippen molar-refractivity contribution in [1.82, 2.24) is 10.2 Å². The zero-order chi connectivity index (χ0) is 15.4. The maximum absolute atomic E-state index is 12.6. The molecule has 1 aliphatic carbocycles. The van der Waals surface area contributed by atoms with Crippen molar-refractivity contribution >= 4 is 11.9 Å². The average molecular weight is 302 g/mol. The third-order valence-corrected chi connectivity index (χ3v) is 4.49. The average Bonchev–Trinajstić information content (AvgIpc) is 2.77. The summed E-state index contributed by atoms with van der Waals surface area (Å²) in [5, 5.41) is 2.92. The van der Waals surface area contributed by atoms with E-state index in [4.69, 9.17) is 4.74 Å². The van der Waals surface area contributed by atoms with Gasteiger partial charge in [-0.2, -0.15) is 0 Å². The van der Waals surface area contributed by atoms with Gasteiger partial charge in [0.15, 0.2) is 0 Å². The van der Waals surface area contributed by atoms with Gasteiger partial charge in [0.25, 0.3) is 5.91 Å². The number of amides is 3. The zero-order valence-corrected chi connectivity index (χ0v) is 12.7. The fraction of sp³-hybridized carbons (Fsp3) is 0.529. The van der Waals surface area contributed by atoms with E-state index in [-0.39, 0.29) is 11.9 Å². The monoisotopic (exact) mass is 302 g/mol. The topological polar surface area (TPSA) is 58.6 Å². The molecule has 1 aliphatic heterocycles. The molecule has 3 amide bonds. The van der Waals surface area contributed by atoms with E-state index in [9.17, 15) is 9.59 Å². The van der Waals surface area contributed by atoms with Gasteiger partial charge in [-0.25, -0.2) is 4.79 Å². The molecule has 0 aromatic heterocycles. The van der Waals surface area contributed by atoms with Crippen LogP contribution < -0.4 is 10.1 Å². The quantitative estimate of drug-likeness (QED) is 0.672. The highest BCUT2D eigenvalue weighted by molar-refractivity contribution is 6.07. The van der Waals surface area contributed by atoms with E-state index in [1.807, 2.05) is 30.3 Å². The van der Waals surface area contributed by atoms with Gasteiger partial charge in [0, 0.05) is 6.54 Å². The van der Waals surface area contributed by atoms with E-state index in [1.54, 1.807) is 0 Å². The normalized spacial score (nSPS) is 20.3. The molecule has 3 rings (SSSR count). The molecule has 22 heavy (non-hydrogen) atoms. The molecule has 1 N–H and O–H groups in total. The summed E-state index contributed by atoms with van der Waals surface area (Å²) in [5.74, 6) is 0.764. The second kappa shape index (κ2) is 6.38. The lowest BCUT2D eigenvalue weighted by atomic mass is 9.82. The molecular formula is C17H22N2O3. The van der Waals surface area contributed by atoms with Crippen LogP contribution in [0.15, 0.2) is 30.3 Å². The number of urea groups is 1. The van der Waals surface area contributed by atoms with Gasteiger partial charge in [0.1, 0.15) is 11.3 Å². The molecule has 5 heteroatoms. The number of ether oxygens (including phenoxy) is 1. The molecule has 0 bridgehead atoms. The SMILES string of the molecule is O=C1NC2(CCCCC2)C(=O)N1CCCOc1ccccc1. The molecular weight excluding hydrogens is 280 g/mol. The van der Waals surface area contributed by atoms with Crippen molar-refractivity contribution in [3.63, 3.8) is 0 Å². The molecule has 2 fully saturated rings. The van der Waals surface area contributed by atoms with Crippen LogP contribution in [-0.2, 0) is 4.79 Å². The molecule has 1 spiro atoms. The Morgan fingerprint density at radius 1 is 1.09 bits per heavy atom. The maximum Gasteiger partial charge on any atom is 0.325 e. The largest absolute Gasteiger partial charge is 0.494 e. The summed E-state index contributed by atoms with van der Waals surface area (Å²) in [6.07, 6.45) is 5.36. The highest BCUT2D eigenvalue weighted by atomic mass is 16.5. The Labute approximate surface area is 130 Å². The van der Waals surface area contributed by atoms with Crippen LogP contribution in [0.4, 0.5) is 4.79 Å². The van der Waals surface area contributed by atoms with Crippen molar-refractivity contribution < 1.29 is 14.3 Å². The van der Waals surface area contributed by atoms with E-state index < -0.39 is 5.54 Å². The van der Waals surface area contributed by atoms with Gasteiger partial charge in [-0.1, -0.05) is 37.5 Å². The third kappa shape index (κ3) is 2.93. The Balaban J connectivity index is 1.50. The van der Waals surface area contributed by atoms with Crippen LogP contribution in [0.2, 0.25) is 0 Å². The number of imide groups is 1. The first-order valence-electron chi connectivity index (χ1n) is 8.03. The van der Waals surface area contributed by atoms with Gasteiger partial charge in [0.2, 0.25) is 0 Å². The minimum Gasteiger partial charge on any atom is -0.494 e. The lowest BCUT2D eigenvalue weighted by molar-refractivity contribution is -0.132. The molecule has 1 heterocycles. The van der Waals surface area contributed by atoms with Crippen molar-refractivity contribution in [1.29, 1.82) is 0 Å². The highest BCUT2D eigenvalue weighted by Gasteiger charge is 2.50. The molecule has 1 aromatic rings. The second-order valence-electron chi connectivity index (χ2n) is 6.04. The molecule has 0 unspecified atom stereocenters. The Kier molecular flexibility index (Phi) is 4.32. The number of carbonyl (C=O) groups excluding carboxylic acids is 2. The highest BCUT2D eigenvalue weighted by Crippen LogP contribution is 2.33. The summed E-state index contributed by atoms with van der Waals surface area (Å²) in [4.78, 5) is 26.0. The van der Waals surface area contributed by atoms with Crippen molar-refractivity contribution in [3.8, 4) is 5.75 Å². The maximum atomic E-state index is 12.6. The van der Waals surface area contributed by atoms with E-state index in [2.05, 4.69) is 5.32 Å². The Hall–Kier alpha value is -2.04. The minimum atomic E-state index is -0.615. The third-order valence-electron chi connectivity index (χ3n) is 4.49. The van der Waals surface area contributed by atoms with Crippen LogP contribution in [0.25, 0.3) is 0 Å². The van der Waals surface area contributed by atoms with Gasteiger partial charge in [-0.15, -0.1) is 0 Å². The molecule has 0 radical (unpaired) electrons. The molecule has 2 aliphatic rings. The van der Waals surface area contributed by atoms with Crippen LogP contribution in [0.3, 0.4) is 0 Å². The number of carbonyl (C=O) groups is 2. The number of hydrogen-bond donors (Lipinski definition) is 1. The summed E-state index contributed by atoms with van der Waals surface area (Å²) >= 11 is 0. The fourth-order valence-electron chi connectivity index (χ4n) is 3.30. The lowest BCUT2D eigenvalue weighted by Crippen LogP contribution is -2.48. The van der Waals surface area contributed by atoms with Crippen LogP contribution >= 0.6 is 0 Å². The van der Waals surface area contributed by atoms with Crippen LogP contribution in [-0.4, -0.2) is 35.5 Å². The van der Waals surface area contributed by atoms with Gasteiger partial charge < -0.3 is 10.1 Å². The standard InChI is InChI=1S/C17H22N2O3/c20-15-17(10-5-2-6-11-17)18-16(21)19(15)12-7-13-22-14-8-3-1-4-9-14/h1,3-4,8-9H,2,5-7,10-13H2,(H,18,21). The van der Waals surface area contributed by atoms with Gasteiger partial charge >= 0.3 is 6.03 Å². The summed E-state index contributed by atoms with van der Waals surface area (Å²) in [6, 6.07) is 9.31. The van der Waals surface area contributed by atoms with E-state index in [1.165, 1.54) is 4.90 Å². The fourth-order valence-corrected chi connectivity index (χ4v) is 3.30. The van der Waals surface area contributed by atoms with Crippen molar-refractivity contribution in [3.05, 3.63) is 30.3 Å². The Bertz CT molecular complexity index is 538. The first-order valence-corrected chi connectivity index (χ1v) is 8.03. The summed E-state index contributed by atoms with van der Waals surface area (Å²) in [6.45, 7) is 0.910. The van der Waals surface area contributed by atoms with E-state index in [0.29, 0.717) is 19.6 Å². The number of rotatable bonds is 5. The van der Waals surface area contributed by atoms with E-state index >= 15 is 0 Å². The molecule has 0 atom stereocenters. The lowest BCUT2D eigenvalue weighted by Gasteiger charge is -2.30. The van der Waals surface area contributed by atoms with E-state index in [0.717, 1.165) is 37.9 Å². The van der Waals surface area contributed by atoms with Gasteiger partial charge in [0.05, 0.1) is 6.61 Å². The number of benzene rings is 1. The molecule has 1 aromatic carbocycles. The smallest absolute Gasteiger partial charge is 0.325 e. The Morgan fingerprint density at radius 2 is 1.82 bits per heavy atom. The van der Waals surface area contributed by atoms with Crippen molar-refractivity contribution in [2.24, 2.45) is 0 Å². The molecule has 118 valence electrons. The van der Waals surface area contributed by atoms with Gasteiger partial charge in [-0.3, -0.25) is 9.69 Å². The van der Waals surface area contributed by atoms with Crippen molar-refractivity contribution in [2.75, 3.05) is 13.2 Å². The molecule has 1 saturated heterocycles. The molecule has 5 nitrogen and oxygen atoms in total. The first-order chi connectivity index (χ1) is 10.7. The van der Waals surface area contributed by atoms with Crippen LogP contribution in [0.5, 0.6) is 5.75 Å². The van der Waals surface area contributed by atoms with Gasteiger partial charge in [-0.05, 0) is 31.4 Å². The predicted molar refractivity (Wildman–Crippen MR) is 82.6 cm³/mol. The number of nitrogens with one attached hydrogen (secondary N) is 1. The number of para-hydroxylation sites is 1. The number of hydrogen-bond acceptors (Lipinski definition) is 3. The first kappa shape index (κ1) is 14.9. The summed E-state index contributed by atoms with van der Waals surface area (Å²) in [5.41, 5.74) is -0.615. The van der Waals surface area contributed by atoms with Crippen LogP contribution in [0.1, 0.15) is 38.5 Å². The number of nitrogens with zero attached hydrogens (tertiary/aromatic N) is 1. The molecule has 1 saturated carbocycles. The Morgan fingerprint density at radius 3 is 2.55 bits per heavy atom. The second-order valence-corrected chi connectivity index (χ2v) is 6.04. The zero-order valence-electron chi connectivity index (χ0n) is 12.7. The summed E-state index contributed by atoms with van der Waals surface area (Å²) < 4.78 is 5.60.